The Morgan fingerprint density at radius 1 is 1.57 bits per heavy atom. The van der Waals surface area contributed by atoms with Gasteiger partial charge in [0.2, 0.25) is 0 Å². The second kappa shape index (κ2) is 4.99. The van der Waals surface area contributed by atoms with Crippen LogP contribution in [0.5, 0.6) is 0 Å². The molecule has 1 heterocycles. The average molecular weight is 192 g/mol. The monoisotopic (exact) mass is 192 g/mol. The van der Waals surface area contributed by atoms with E-state index in [2.05, 4.69) is 37.4 Å². The molecule has 78 valence electrons. The summed E-state index contributed by atoms with van der Waals surface area (Å²) in [4.78, 5) is 6.74. The molecule has 1 aliphatic heterocycles. The summed E-state index contributed by atoms with van der Waals surface area (Å²) >= 11 is 0. The van der Waals surface area contributed by atoms with Crippen LogP contribution in [0.15, 0.2) is 29.9 Å². The van der Waals surface area contributed by atoms with Gasteiger partial charge in [0.25, 0.3) is 0 Å². The van der Waals surface area contributed by atoms with Crippen LogP contribution in [-0.2, 0) is 0 Å². The van der Waals surface area contributed by atoms with Gasteiger partial charge in [-0.1, -0.05) is 26.5 Å². The van der Waals surface area contributed by atoms with Crippen LogP contribution in [0.1, 0.15) is 20.3 Å². The third-order valence-corrected chi connectivity index (χ3v) is 2.73. The predicted molar refractivity (Wildman–Crippen MR) is 62.3 cm³/mol. The Morgan fingerprint density at radius 3 is 2.86 bits per heavy atom. The summed E-state index contributed by atoms with van der Waals surface area (Å²) in [5.74, 6) is 2.52. The minimum absolute atomic E-state index is 0.620. The van der Waals surface area contributed by atoms with Crippen LogP contribution in [0.3, 0.4) is 0 Å². The maximum Gasteiger partial charge on any atom is 0.107 e. The van der Waals surface area contributed by atoms with Crippen LogP contribution >= 0.6 is 0 Å². The number of rotatable bonds is 3. The highest BCUT2D eigenvalue weighted by atomic mass is 15.2. The van der Waals surface area contributed by atoms with Crippen molar-refractivity contribution in [3.8, 4) is 0 Å². The van der Waals surface area contributed by atoms with Gasteiger partial charge < -0.3 is 4.90 Å². The Hall–Kier alpha value is -1.05. The Balaban J connectivity index is 2.75. The highest BCUT2D eigenvalue weighted by Crippen LogP contribution is 2.25. The normalized spacial score (nSPS) is 25.6. The van der Waals surface area contributed by atoms with E-state index in [1.165, 1.54) is 12.3 Å². The second-order valence-corrected chi connectivity index (χ2v) is 4.13. The fourth-order valence-corrected chi connectivity index (χ4v) is 1.87. The van der Waals surface area contributed by atoms with Gasteiger partial charge in [0.05, 0.1) is 0 Å². The Bertz CT molecular complexity index is 251. The first-order valence-electron chi connectivity index (χ1n) is 5.23. The van der Waals surface area contributed by atoms with Gasteiger partial charge in [-0.25, -0.2) is 4.99 Å². The lowest BCUT2D eigenvalue weighted by atomic mass is 9.94. The van der Waals surface area contributed by atoms with Crippen molar-refractivity contribution < 1.29 is 0 Å². The third kappa shape index (κ3) is 2.47. The van der Waals surface area contributed by atoms with E-state index < -0.39 is 0 Å². The van der Waals surface area contributed by atoms with Gasteiger partial charge in [-0.3, -0.25) is 0 Å². The molecule has 0 saturated carbocycles. The van der Waals surface area contributed by atoms with Crippen molar-refractivity contribution in [2.75, 3.05) is 13.6 Å². The topological polar surface area (TPSA) is 15.6 Å². The molecular formula is C12H20N2. The minimum Gasteiger partial charge on any atom is -0.363 e. The molecule has 2 heteroatoms. The minimum atomic E-state index is 0.620. The summed E-state index contributed by atoms with van der Waals surface area (Å²) in [5.41, 5.74) is 0. The highest BCUT2D eigenvalue weighted by Gasteiger charge is 2.28. The standard InChI is InChI=1S/C12H20N2/c1-5-6-8-13-12-11(10(2)3)7-9-14(12)4/h5-6,8,10-11H,1,7,9H2,2-4H3/b8-6-,13-12-. The van der Waals surface area contributed by atoms with E-state index in [0.29, 0.717) is 11.8 Å². The number of hydrogen-bond donors (Lipinski definition) is 0. The Labute approximate surface area is 87.0 Å². The SMILES string of the molecule is C=C/C=C\N=C1\C(C(C)C)CCN1C. The molecule has 0 bridgehead atoms. The maximum absolute atomic E-state index is 4.49. The van der Waals surface area contributed by atoms with Crippen LogP contribution in [0.25, 0.3) is 0 Å². The summed E-state index contributed by atoms with van der Waals surface area (Å²) in [5, 5.41) is 0. The number of allylic oxidation sites excluding steroid dienone is 2. The van der Waals surface area contributed by atoms with Crippen LogP contribution in [0.2, 0.25) is 0 Å². The summed E-state index contributed by atoms with van der Waals surface area (Å²) in [6.45, 7) is 9.28. The van der Waals surface area contributed by atoms with E-state index >= 15 is 0 Å². The molecule has 0 aromatic rings. The number of likely N-dealkylation sites (tertiary alicyclic amines) is 1. The van der Waals surface area contributed by atoms with Gasteiger partial charge in [0.1, 0.15) is 5.84 Å². The quantitative estimate of drug-likeness (QED) is 0.628. The molecule has 1 atom stereocenters. The van der Waals surface area contributed by atoms with E-state index in [1.54, 1.807) is 6.08 Å². The summed E-state index contributed by atoms with van der Waals surface area (Å²) in [6.07, 6.45) is 6.69. The van der Waals surface area contributed by atoms with Gasteiger partial charge in [0.15, 0.2) is 0 Å². The van der Waals surface area contributed by atoms with Gasteiger partial charge in [-0.15, -0.1) is 0 Å². The van der Waals surface area contributed by atoms with Gasteiger partial charge in [0, 0.05) is 25.7 Å². The number of aliphatic imine (C=N–C) groups is 1. The van der Waals surface area contributed by atoms with E-state index in [0.717, 1.165) is 6.54 Å². The van der Waals surface area contributed by atoms with Gasteiger partial charge >= 0.3 is 0 Å². The first-order valence-corrected chi connectivity index (χ1v) is 5.23. The summed E-state index contributed by atoms with van der Waals surface area (Å²) < 4.78 is 0. The van der Waals surface area contributed by atoms with Crippen molar-refractivity contribution >= 4 is 5.84 Å². The smallest absolute Gasteiger partial charge is 0.107 e. The largest absolute Gasteiger partial charge is 0.363 e. The van der Waals surface area contributed by atoms with Crippen molar-refractivity contribution in [3.63, 3.8) is 0 Å². The zero-order valence-corrected chi connectivity index (χ0v) is 9.40. The van der Waals surface area contributed by atoms with Crippen molar-refractivity contribution in [2.24, 2.45) is 16.8 Å². The fraction of sp³-hybridized carbons (Fsp3) is 0.583. The Morgan fingerprint density at radius 2 is 2.29 bits per heavy atom. The van der Waals surface area contributed by atoms with Crippen molar-refractivity contribution in [3.05, 3.63) is 24.9 Å². The molecule has 1 rings (SSSR count). The van der Waals surface area contributed by atoms with E-state index in [1.807, 2.05) is 12.3 Å². The molecule has 0 radical (unpaired) electrons. The second-order valence-electron chi connectivity index (χ2n) is 4.13. The zero-order valence-electron chi connectivity index (χ0n) is 9.40. The molecule has 1 aliphatic rings. The zero-order chi connectivity index (χ0) is 10.6. The summed E-state index contributed by atoms with van der Waals surface area (Å²) in [6, 6.07) is 0. The lowest BCUT2D eigenvalue weighted by Crippen LogP contribution is -2.25. The van der Waals surface area contributed by atoms with E-state index in [9.17, 15) is 0 Å². The predicted octanol–water partition coefficient (Wildman–Crippen LogP) is 2.69. The molecule has 0 aliphatic carbocycles. The van der Waals surface area contributed by atoms with Crippen LogP contribution in [0, 0.1) is 11.8 Å². The van der Waals surface area contributed by atoms with Crippen LogP contribution < -0.4 is 0 Å². The first kappa shape index (κ1) is 11.0. The molecule has 14 heavy (non-hydrogen) atoms. The maximum atomic E-state index is 4.49. The number of nitrogens with zero attached hydrogens (tertiary/aromatic N) is 2. The van der Waals surface area contributed by atoms with E-state index in [-0.39, 0.29) is 0 Å². The molecule has 1 unspecified atom stereocenters. The van der Waals surface area contributed by atoms with Crippen molar-refractivity contribution in [1.29, 1.82) is 0 Å². The molecule has 0 spiro atoms. The lowest BCUT2D eigenvalue weighted by molar-refractivity contribution is 0.490. The molecule has 0 amide bonds. The molecule has 0 aromatic heterocycles. The van der Waals surface area contributed by atoms with Crippen molar-refractivity contribution in [1.82, 2.24) is 4.90 Å². The molecule has 1 saturated heterocycles. The molecule has 0 N–H and O–H groups in total. The highest BCUT2D eigenvalue weighted by molar-refractivity contribution is 5.87. The number of amidine groups is 1. The van der Waals surface area contributed by atoms with Crippen LogP contribution in [0.4, 0.5) is 0 Å². The van der Waals surface area contributed by atoms with Gasteiger partial charge in [-0.05, 0) is 18.4 Å². The molecular weight excluding hydrogens is 172 g/mol. The molecule has 1 fully saturated rings. The Kier molecular flexibility index (Phi) is 3.93. The van der Waals surface area contributed by atoms with E-state index in [4.69, 9.17) is 0 Å². The lowest BCUT2D eigenvalue weighted by Gasteiger charge is -2.17. The molecule has 2 nitrogen and oxygen atoms in total. The first-order chi connectivity index (χ1) is 6.66. The fourth-order valence-electron chi connectivity index (χ4n) is 1.87. The van der Waals surface area contributed by atoms with Crippen molar-refractivity contribution in [2.45, 2.75) is 20.3 Å². The summed E-state index contributed by atoms with van der Waals surface area (Å²) in [7, 11) is 2.11. The average Bonchev–Trinajstić information content (AvgIpc) is 2.48. The molecule has 0 aromatic carbocycles. The van der Waals surface area contributed by atoms with Gasteiger partial charge in [-0.2, -0.15) is 0 Å². The van der Waals surface area contributed by atoms with Crippen LogP contribution in [-0.4, -0.2) is 24.3 Å². The number of hydrogen-bond acceptors (Lipinski definition) is 1. The third-order valence-electron chi connectivity index (χ3n) is 2.73.